The van der Waals surface area contributed by atoms with Crippen molar-refractivity contribution in [3.63, 3.8) is 0 Å². The summed E-state index contributed by atoms with van der Waals surface area (Å²) in [6, 6.07) is 176. The molecule has 30 aromatic rings. The van der Waals surface area contributed by atoms with Gasteiger partial charge >= 0.3 is 0 Å². The number of fused-ring (bicyclic) bond motifs is 24. The summed E-state index contributed by atoms with van der Waals surface area (Å²) in [7, 11) is 0. The lowest BCUT2D eigenvalue weighted by molar-refractivity contribution is 0.669. The van der Waals surface area contributed by atoms with Crippen molar-refractivity contribution in [2.24, 2.45) is 0 Å². The number of benzene rings is 21. The van der Waals surface area contributed by atoms with Gasteiger partial charge in [0.25, 0.3) is 0 Å². The van der Waals surface area contributed by atoms with Gasteiger partial charge in [0, 0.05) is 118 Å². The third kappa shape index (κ3) is 13.7. The number of rotatable bonds is 12. The molecule has 30 rings (SSSR count). The van der Waals surface area contributed by atoms with E-state index in [1.165, 1.54) is 166 Å². The minimum absolute atomic E-state index is 0.907. The van der Waals surface area contributed by atoms with Gasteiger partial charge in [-0.3, -0.25) is 0 Å². The molecule has 0 atom stereocenters. The fourth-order valence-corrected chi connectivity index (χ4v) is 25.5. The average Bonchev–Trinajstić information content (AvgIpc) is 1.57. The summed E-state index contributed by atoms with van der Waals surface area (Å²) in [5.41, 5.74) is 37.6. The Balaban J connectivity index is 0.000000104. The highest BCUT2D eigenvalue weighted by Crippen LogP contribution is 2.51. The molecule has 0 N–H and O–H groups in total. The maximum atomic E-state index is 6.75. The normalized spacial score (nSPS) is 11.8. The molecule has 0 saturated carbocycles. The zero-order valence-electron chi connectivity index (χ0n) is 76.1. The Morgan fingerprint density at radius 3 is 0.929 bits per heavy atom. The van der Waals surface area contributed by atoms with Crippen LogP contribution in [0.25, 0.3) is 277 Å². The number of furan rings is 3. The van der Waals surface area contributed by atoms with Crippen molar-refractivity contribution in [1.82, 2.24) is 13.7 Å². The number of thiophene rings is 3. The van der Waals surface area contributed by atoms with Gasteiger partial charge in [0.2, 0.25) is 0 Å². The Hall–Kier alpha value is -17.7. The van der Waals surface area contributed by atoms with Crippen LogP contribution < -0.4 is 0 Å². The molecule has 0 aliphatic heterocycles. The van der Waals surface area contributed by atoms with E-state index >= 15 is 0 Å². The van der Waals surface area contributed by atoms with Crippen LogP contribution in [0.1, 0.15) is 0 Å². The SMILES string of the molecule is c1ccc(-c2ccc3oc4c(-c5cccc(-c6ccc7c(c6)sc6c8ccccc8n(-c8ccccc8)c76)c5)cccc4c3c2)cc1.c1ccc(-c2cccc3c2oc2c(-c4cccc(-c5ccc6sc7c8ccccc8n(-c8ccccc8)c7c6c5)c4)cccc23)cc1.c1ccc(-c2cccc3c2oc2cccc(-c4cccc(-c5ccc6c(c5)sc5c7ccccc7n(-c7ccccc7)c65)c4)c23)cc1. The smallest absolute Gasteiger partial charge is 0.143 e. The first-order chi connectivity index (χ1) is 69.9. The zero-order valence-corrected chi connectivity index (χ0v) is 78.5. The fourth-order valence-electron chi connectivity index (χ4n) is 21.7. The van der Waals surface area contributed by atoms with Crippen LogP contribution in [0.3, 0.4) is 0 Å². The van der Waals surface area contributed by atoms with Gasteiger partial charge in [-0.25, -0.2) is 0 Å². The quantitative estimate of drug-likeness (QED) is 0.122. The summed E-state index contributed by atoms with van der Waals surface area (Å²) in [6.07, 6.45) is 0. The van der Waals surface area contributed by atoms with Gasteiger partial charge in [0.15, 0.2) is 0 Å². The van der Waals surface area contributed by atoms with Crippen LogP contribution in [0.4, 0.5) is 0 Å². The highest BCUT2D eigenvalue weighted by molar-refractivity contribution is 7.27. The predicted molar refractivity (Wildman–Crippen MR) is 599 cm³/mol. The molecule has 9 aromatic heterocycles. The molecule has 6 nitrogen and oxygen atoms in total. The monoisotopic (exact) mass is 1850 g/mol. The lowest BCUT2D eigenvalue weighted by Gasteiger charge is -2.09. The summed E-state index contributed by atoms with van der Waals surface area (Å²) in [5, 5.41) is 14.6. The molecule has 0 aliphatic rings. The standard InChI is InChI=1S/3C44H27NOS/c1-3-12-28(13-4-1)34-20-10-21-37-41-33(19-11-23-39(41)46-43(34)37)31-15-9-14-29(26-31)30-24-25-36-40(27-30)47-44-35-18-7-8-22-38(35)45(42(36)44)32-16-5-2-6-17-32;1-3-12-28(13-4-1)33-19-10-21-35-36-22-11-20-34(43(36)46-42(33)35)31-15-9-14-29(26-31)30-24-25-40-38(27-30)41-44(47-40)37-18-7-8-23-39(37)45(41)32-16-5-2-6-17-32;1-3-11-28(12-4-1)30-22-24-40-38(26-30)35-19-10-18-34(43(35)46-40)32-14-9-13-29(25-32)31-21-23-37-41(27-31)47-44-36-17-7-8-20-39(36)45(42(37)44)33-15-5-2-6-16-33/h3*1-27H. The molecule has 0 aliphatic carbocycles. The molecule has 0 amide bonds. The second-order valence-electron chi connectivity index (χ2n) is 36.3. The first-order valence-corrected chi connectivity index (χ1v) is 50.2. The number of nitrogens with zero attached hydrogens (tertiary/aromatic N) is 3. The minimum atomic E-state index is 0.907. The van der Waals surface area contributed by atoms with E-state index in [4.69, 9.17) is 13.3 Å². The Labute approximate surface area is 822 Å². The summed E-state index contributed by atoms with van der Waals surface area (Å²) in [5.74, 6) is 0. The van der Waals surface area contributed by atoms with Gasteiger partial charge < -0.3 is 27.0 Å². The largest absolute Gasteiger partial charge is 0.455 e. The summed E-state index contributed by atoms with van der Waals surface area (Å²) >= 11 is 5.65. The van der Waals surface area contributed by atoms with E-state index in [9.17, 15) is 0 Å². The second-order valence-corrected chi connectivity index (χ2v) is 39.5. The number of para-hydroxylation sites is 10. The molecule has 0 saturated heterocycles. The van der Waals surface area contributed by atoms with E-state index < -0.39 is 0 Å². The Morgan fingerprint density at radius 1 is 0.156 bits per heavy atom. The van der Waals surface area contributed by atoms with Crippen molar-refractivity contribution in [2.75, 3.05) is 0 Å². The molecule has 660 valence electrons. The maximum Gasteiger partial charge on any atom is 0.143 e. The number of aromatic nitrogens is 3. The zero-order chi connectivity index (χ0) is 92.7. The highest BCUT2D eigenvalue weighted by Gasteiger charge is 2.26. The minimum Gasteiger partial charge on any atom is -0.455 e. The van der Waals surface area contributed by atoms with Crippen LogP contribution >= 0.6 is 34.0 Å². The first-order valence-electron chi connectivity index (χ1n) is 47.8. The van der Waals surface area contributed by atoms with E-state index in [2.05, 4.69) is 505 Å². The van der Waals surface area contributed by atoms with Crippen LogP contribution in [0, 0.1) is 0 Å². The van der Waals surface area contributed by atoms with Crippen molar-refractivity contribution < 1.29 is 13.3 Å². The summed E-state index contributed by atoms with van der Waals surface area (Å²) in [6.45, 7) is 0. The van der Waals surface area contributed by atoms with Gasteiger partial charge in [-0.15, -0.1) is 34.0 Å². The number of hydrogen-bond acceptors (Lipinski definition) is 6. The lowest BCUT2D eigenvalue weighted by atomic mass is 9.95. The molecule has 0 spiro atoms. The Morgan fingerprint density at radius 2 is 0.454 bits per heavy atom. The van der Waals surface area contributed by atoms with Crippen molar-refractivity contribution in [3.05, 3.63) is 491 Å². The van der Waals surface area contributed by atoms with Crippen LogP contribution in [0.2, 0.25) is 0 Å². The van der Waals surface area contributed by atoms with E-state index in [1.807, 2.05) is 34.0 Å². The van der Waals surface area contributed by atoms with Crippen molar-refractivity contribution >= 4 is 193 Å². The Kier molecular flexibility index (Phi) is 19.5. The van der Waals surface area contributed by atoms with Crippen molar-refractivity contribution in [2.45, 2.75) is 0 Å². The van der Waals surface area contributed by atoms with Crippen molar-refractivity contribution in [3.8, 4) is 117 Å². The third-order valence-corrected chi connectivity index (χ3v) is 31.8. The molecule has 9 heteroatoms. The van der Waals surface area contributed by atoms with Gasteiger partial charge in [0.1, 0.15) is 33.5 Å². The van der Waals surface area contributed by atoms with Crippen LogP contribution in [0.15, 0.2) is 505 Å². The molecule has 141 heavy (non-hydrogen) atoms. The van der Waals surface area contributed by atoms with Gasteiger partial charge in [-0.2, -0.15) is 0 Å². The molecule has 0 unspecified atom stereocenters. The second kappa shape index (κ2) is 33.6. The number of hydrogen-bond donors (Lipinski definition) is 0. The van der Waals surface area contributed by atoms with Crippen LogP contribution in [0.5, 0.6) is 0 Å². The topological polar surface area (TPSA) is 54.2 Å². The van der Waals surface area contributed by atoms with E-state index in [-0.39, 0.29) is 0 Å². The molecule has 0 radical (unpaired) electrons. The summed E-state index contributed by atoms with van der Waals surface area (Å²) in [4.78, 5) is 0. The Bertz CT molecular complexity index is 10200. The van der Waals surface area contributed by atoms with Gasteiger partial charge in [-0.1, -0.05) is 376 Å². The molecule has 0 bridgehead atoms. The summed E-state index contributed by atoms with van der Waals surface area (Å²) < 4.78 is 35.0. The highest BCUT2D eigenvalue weighted by atomic mass is 32.1. The van der Waals surface area contributed by atoms with Crippen LogP contribution in [-0.2, 0) is 0 Å². The molecule has 21 aromatic carbocycles. The van der Waals surface area contributed by atoms with Gasteiger partial charge in [-0.05, 0) is 193 Å². The maximum absolute atomic E-state index is 6.75. The molecular weight excluding hydrogens is 1770 g/mol. The lowest BCUT2D eigenvalue weighted by Crippen LogP contribution is -1.92. The fraction of sp³-hybridized carbons (Fsp3) is 0. The molecule has 0 fully saturated rings. The molecule has 9 heterocycles. The van der Waals surface area contributed by atoms with Gasteiger partial charge in [0.05, 0.1) is 47.2 Å². The van der Waals surface area contributed by atoms with E-state index in [0.717, 1.165) is 110 Å². The van der Waals surface area contributed by atoms with Crippen molar-refractivity contribution in [1.29, 1.82) is 0 Å². The van der Waals surface area contributed by atoms with Crippen LogP contribution in [-0.4, -0.2) is 13.7 Å². The first kappa shape index (κ1) is 81.6. The average molecular weight is 1850 g/mol. The third-order valence-electron chi connectivity index (χ3n) is 28.2. The van der Waals surface area contributed by atoms with E-state index in [1.54, 1.807) is 0 Å². The molecular formula is C132H81N3O3S3. The van der Waals surface area contributed by atoms with E-state index in [0.29, 0.717) is 0 Å². The predicted octanol–water partition coefficient (Wildman–Crippen LogP) is 38.7.